The van der Waals surface area contributed by atoms with Crippen LogP contribution in [0.4, 0.5) is 0 Å². The van der Waals surface area contributed by atoms with Gasteiger partial charge < -0.3 is 4.90 Å². The molecule has 1 aliphatic heterocycles. The molecule has 0 N–H and O–H groups in total. The molecule has 1 amide bonds. The van der Waals surface area contributed by atoms with Crippen molar-refractivity contribution in [3.63, 3.8) is 0 Å². The van der Waals surface area contributed by atoms with Gasteiger partial charge in [-0.25, -0.2) is 4.68 Å². The minimum atomic E-state index is 0.0657. The van der Waals surface area contributed by atoms with Crippen molar-refractivity contribution in [1.82, 2.24) is 30.0 Å². The third-order valence-corrected chi connectivity index (χ3v) is 5.66. The van der Waals surface area contributed by atoms with Crippen molar-refractivity contribution in [1.29, 1.82) is 0 Å². The van der Waals surface area contributed by atoms with Gasteiger partial charge in [-0.3, -0.25) is 9.69 Å². The lowest BCUT2D eigenvalue weighted by Gasteiger charge is -2.35. The summed E-state index contributed by atoms with van der Waals surface area (Å²) in [6.45, 7) is 10.4. The molecule has 2 heterocycles. The number of carbonyl (C=O) groups excluding carboxylic acids is 1. The number of tetrazole rings is 1. The highest BCUT2D eigenvalue weighted by molar-refractivity contribution is 5.95. The van der Waals surface area contributed by atoms with Crippen LogP contribution >= 0.6 is 0 Å². The third kappa shape index (κ3) is 4.26. The Morgan fingerprint density at radius 3 is 2.53 bits per heavy atom. The van der Waals surface area contributed by atoms with Crippen molar-refractivity contribution >= 4 is 5.91 Å². The average molecular weight is 405 g/mol. The SMILES string of the molecule is Cc1ccccc1CN1CCN(C(=O)c2cccc(-c3nnnn3C(C)C)c2)CC1. The molecule has 0 atom stereocenters. The summed E-state index contributed by atoms with van der Waals surface area (Å²) in [5.74, 6) is 0.749. The van der Waals surface area contributed by atoms with E-state index < -0.39 is 0 Å². The van der Waals surface area contributed by atoms with E-state index in [0.29, 0.717) is 11.4 Å². The molecule has 7 heteroatoms. The molecular formula is C23H28N6O. The standard InChI is InChI=1S/C23H28N6O/c1-17(2)29-22(24-25-26-29)19-9-6-10-20(15-19)23(30)28-13-11-27(12-14-28)16-21-8-5-4-7-18(21)3/h4-10,15,17H,11-14,16H2,1-3H3. The topological polar surface area (TPSA) is 67.2 Å². The number of hydrogen-bond donors (Lipinski definition) is 0. The number of aromatic nitrogens is 4. The van der Waals surface area contributed by atoms with Crippen molar-refractivity contribution in [3.05, 3.63) is 65.2 Å². The predicted octanol–water partition coefficient (Wildman–Crippen LogP) is 3.19. The van der Waals surface area contributed by atoms with Gasteiger partial charge in [0.1, 0.15) is 0 Å². The molecule has 0 unspecified atom stereocenters. The Balaban J connectivity index is 1.42. The maximum Gasteiger partial charge on any atom is 0.253 e. The minimum Gasteiger partial charge on any atom is -0.336 e. The molecule has 0 radical (unpaired) electrons. The monoisotopic (exact) mass is 404 g/mol. The van der Waals surface area contributed by atoms with Crippen LogP contribution in [0.1, 0.15) is 41.4 Å². The second-order valence-electron chi connectivity index (χ2n) is 8.12. The number of carbonyl (C=O) groups is 1. The van der Waals surface area contributed by atoms with E-state index in [1.165, 1.54) is 11.1 Å². The zero-order valence-electron chi connectivity index (χ0n) is 17.8. The van der Waals surface area contributed by atoms with Crippen LogP contribution in [0.2, 0.25) is 0 Å². The molecule has 30 heavy (non-hydrogen) atoms. The molecule has 0 aliphatic carbocycles. The molecular weight excluding hydrogens is 376 g/mol. The van der Waals surface area contributed by atoms with Crippen LogP contribution in [-0.2, 0) is 6.54 Å². The fraction of sp³-hybridized carbons (Fsp3) is 0.391. The lowest BCUT2D eigenvalue weighted by atomic mass is 10.1. The van der Waals surface area contributed by atoms with E-state index >= 15 is 0 Å². The van der Waals surface area contributed by atoms with E-state index in [4.69, 9.17) is 0 Å². The van der Waals surface area contributed by atoms with E-state index in [1.54, 1.807) is 4.68 Å². The molecule has 156 valence electrons. The molecule has 2 aromatic carbocycles. The normalized spacial score (nSPS) is 15.0. The van der Waals surface area contributed by atoms with Crippen molar-refractivity contribution in [3.8, 4) is 11.4 Å². The number of rotatable bonds is 5. The van der Waals surface area contributed by atoms with E-state index in [0.717, 1.165) is 38.3 Å². The molecule has 3 aromatic rings. The maximum absolute atomic E-state index is 13.1. The fourth-order valence-corrected chi connectivity index (χ4v) is 3.84. The molecule has 0 spiro atoms. The van der Waals surface area contributed by atoms with Crippen LogP contribution in [0.25, 0.3) is 11.4 Å². The summed E-state index contributed by atoms with van der Waals surface area (Å²) in [5.41, 5.74) is 4.21. The van der Waals surface area contributed by atoms with E-state index in [2.05, 4.69) is 51.6 Å². The Bertz CT molecular complexity index is 1020. The summed E-state index contributed by atoms with van der Waals surface area (Å²) in [6.07, 6.45) is 0. The van der Waals surface area contributed by atoms with Crippen molar-refractivity contribution in [2.75, 3.05) is 26.2 Å². The summed E-state index contributed by atoms with van der Waals surface area (Å²) in [7, 11) is 0. The lowest BCUT2D eigenvalue weighted by molar-refractivity contribution is 0.0628. The quantitative estimate of drug-likeness (QED) is 0.653. The van der Waals surface area contributed by atoms with Gasteiger partial charge >= 0.3 is 0 Å². The Morgan fingerprint density at radius 1 is 1.03 bits per heavy atom. The summed E-state index contributed by atoms with van der Waals surface area (Å²) in [6, 6.07) is 16.3. The number of piperazine rings is 1. The van der Waals surface area contributed by atoms with Gasteiger partial charge in [0.25, 0.3) is 5.91 Å². The third-order valence-electron chi connectivity index (χ3n) is 5.66. The molecule has 1 aromatic heterocycles. The first kappa shape index (κ1) is 20.2. The highest BCUT2D eigenvalue weighted by Gasteiger charge is 2.23. The Morgan fingerprint density at radius 2 is 1.80 bits per heavy atom. The Kier molecular flexibility index (Phi) is 5.90. The van der Waals surface area contributed by atoms with Gasteiger partial charge in [0, 0.05) is 43.9 Å². The Labute approximate surface area is 177 Å². The molecule has 1 saturated heterocycles. The fourth-order valence-electron chi connectivity index (χ4n) is 3.84. The molecule has 0 bridgehead atoms. The van der Waals surface area contributed by atoms with Gasteiger partial charge in [0.05, 0.1) is 6.04 Å². The first-order valence-electron chi connectivity index (χ1n) is 10.5. The zero-order chi connectivity index (χ0) is 21.1. The summed E-state index contributed by atoms with van der Waals surface area (Å²) in [5, 5.41) is 12.0. The molecule has 0 saturated carbocycles. The number of benzene rings is 2. The van der Waals surface area contributed by atoms with Crippen molar-refractivity contribution < 1.29 is 4.79 Å². The van der Waals surface area contributed by atoms with Gasteiger partial charge in [0.15, 0.2) is 5.82 Å². The number of aryl methyl sites for hydroxylation is 1. The second-order valence-corrected chi connectivity index (χ2v) is 8.12. The highest BCUT2D eigenvalue weighted by atomic mass is 16.2. The minimum absolute atomic E-state index is 0.0657. The van der Waals surface area contributed by atoms with Crippen LogP contribution in [0.5, 0.6) is 0 Å². The van der Waals surface area contributed by atoms with Crippen molar-refractivity contribution in [2.45, 2.75) is 33.4 Å². The van der Waals surface area contributed by atoms with Crippen LogP contribution in [0, 0.1) is 6.92 Å². The average Bonchev–Trinajstić information content (AvgIpc) is 3.26. The van der Waals surface area contributed by atoms with Crippen LogP contribution in [-0.4, -0.2) is 62.1 Å². The van der Waals surface area contributed by atoms with E-state index in [9.17, 15) is 4.79 Å². The maximum atomic E-state index is 13.1. The second kappa shape index (κ2) is 8.75. The van der Waals surface area contributed by atoms with Gasteiger partial charge in [-0.05, 0) is 54.5 Å². The van der Waals surface area contributed by atoms with Gasteiger partial charge in [0.2, 0.25) is 0 Å². The van der Waals surface area contributed by atoms with Gasteiger partial charge in [-0.1, -0.05) is 36.4 Å². The van der Waals surface area contributed by atoms with E-state index in [1.807, 2.05) is 43.0 Å². The largest absolute Gasteiger partial charge is 0.336 e. The molecule has 1 fully saturated rings. The van der Waals surface area contributed by atoms with Crippen LogP contribution in [0.3, 0.4) is 0 Å². The molecule has 1 aliphatic rings. The number of amides is 1. The van der Waals surface area contributed by atoms with Crippen LogP contribution < -0.4 is 0 Å². The molecule has 7 nitrogen and oxygen atoms in total. The first-order valence-corrected chi connectivity index (χ1v) is 10.5. The number of hydrogen-bond acceptors (Lipinski definition) is 5. The lowest BCUT2D eigenvalue weighted by Crippen LogP contribution is -2.48. The first-order chi connectivity index (χ1) is 14.5. The summed E-state index contributed by atoms with van der Waals surface area (Å²) >= 11 is 0. The summed E-state index contributed by atoms with van der Waals surface area (Å²) in [4.78, 5) is 17.5. The van der Waals surface area contributed by atoms with E-state index in [-0.39, 0.29) is 11.9 Å². The zero-order valence-corrected chi connectivity index (χ0v) is 17.8. The predicted molar refractivity (Wildman–Crippen MR) is 116 cm³/mol. The molecule has 4 rings (SSSR count). The van der Waals surface area contributed by atoms with Gasteiger partial charge in [-0.15, -0.1) is 5.10 Å². The Hall–Kier alpha value is -3.06. The number of nitrogens with zero attached hydrogens (tertiary/aromatic N) is 6. The van der Waals surface area contributed by atoms with Crippen LogP contribution in [0.15, 0.2) is 48.5 Å². The smallest absolute Gasteiger partial charge is 0.253 e. The summed E-state index contributed by atoms with van der Waals surface area (Å²) < 4.78 is 1.77. The highest BCUT2D eigenvalue weighted by Crippen LogP contribution is 2.21. The van der Waals surface area contributed by atoms with Gasteiger partial charge in [-0.2, -0.15) is 0 Å². The van der Waals surface area contributed by atoms with Crippen molar-refractivity contribution in [2.24, 2.45) is 0 Å².